The van der Waals surface area contributed by atoms with Crippen LogP contribution in [0.4, 0.5) is 13.2 Å². The lowest BCUT2D eigenvalue weighted by molar-refractivity contribution is -0.141. The van der Waals surface area contributed by atoms with Crippen LogP contribution in [0, 0.1) is 0 Å². The number of aldehydes is 1. The lowest BCUT2D eigenvalue weighted by Gasteiger charge is -2.07. The molecule has 7 heteroatoms. The molecule has 0 amide bonds. The van der Waals surface area contributed by atoms with Gasteiger partial charge in [0.1, 0.15) is 0 Å². The van der Waals surface area contributed by atoms with Gasteiger partial charge in [-0.3, -0.25) is 4.79 Å². The van der Waals surface area contributed by atoms with E-state index >= 15 is 0 Å². The standard InChI is InChI=1S/C14H8F3N3O/c15-14(16,17)12-5-6-20(19-12)13-10(8-21)7-9-3-1-2-4-11(9)18-13/h1-8H. The highest BCUT2D eigenvalue weighted by atomic mass is 19.4. The number of rotatable bonds is 2. The van der Waals surface area contributed by atoms with Gasteiger partial charge in [0.25, 0.3) is 0 Å². The number of hydrogen-bond donors (Lipinski definition) is 0. The zero-order valence-corrected chi connectivity index (χ0v) is 10.5. The topological polar surface area (TPSA) is 47.8 Å². The Kier molecular flexibility index (Phi) is 2.97. The van der Waals surface area contributed by atoms with Crippen molar-refractivity contribution in [3.8, 4) is 5.82 Å². The first-order valence-corrected chi connectivity index (χ1v) is 5.97. The fourth-order valence-corrected chi connectivity index (χ4v) is 1.99. The normalized spacial score (nSPS) is 11.8. The molecule has 0 aliphatic heterocycles. The molecule has 0 saturated carbocycles. The summed E-state index contributed by atoms with van der Waals surface area (Å²) in [6.07, 6.45) is -2.86. The van der Waals surface area contributed by atoms with Crippen LogP contribution < -0.4 is 0 Å². The lowest BCUT2D eigenvalue weighted by Crippen LogP contribution is -2.09. The van der Waals surface area contributed by atoms with Crippen molar-refractivity contribution in [3.63, 3.8) is 0 Å². The Morgan fingerprint density at radius 1 is 1.14 bits per heavy atom. The second-order valence-electron chi connectivity index (χ2n) is 4.36. The summed E-state index contributed by atoms with van der Waals surface area (Å²) in [5.41, 5.74) is -0.290. The molecule has 0 unspecified atom stereocenters. The predicted molar refractivity (Wildman–Crippen MR) is 69.3 cm³/mol. The number of alkyl halides is 3. The summed E-state index contributed by atoms with van der Waals surface area (Å²) >= 11 is 0. The molecule has 4 nitrogen and oxygen atoms in total. The van der Waals surface area contributed by atoms with Gasteiger partial charge in [0.15, 0.2) is 17.8 Å². The second kappa shape index (κ2) is 4.69. The highest BCUT2D eigenvalue weighted by Gasteiger charge is 2.33. The van der Waals surface area contributed by atoms with Crippen LogP contribution in [0.25, 0.3) is 16.7 Å². The third kappa shape index (κ3) is 2.37. The lowest BCUT2D eigenvalue weighted by atomic mass is 10.1. The molecular formula is C14H8F3N3O. The number of halogens is 3. The zero-order chi connectivity index (χ0) is 15.0. The first-order valence-electron chi connectivity index (χ1n) is 5.97. The van der Waals surface area contributed by atoms with Crippen LogP contribution in [-0.4, -0.2) is 21.1 Å². The Morgan fingerprint density at radius 2 is 1.90 bits per heavy atom. The van der Waals surface area contributed by atoms with Crippen molar-refractivity contribution in [2.24, 2.45) is 0 Å². The molecule has 106 valence electrons. The van der Waals surface area contributed by atoms with Gasteiger partial charge in [0.2, 0.25) is 0 Å². The Bertz CT molecular complexity index is 824. The van der Waals surface area contributed by atoms with Crippen LogP contribution in [0.3, 0.4) is 0 Å². The van der Waals surface area contributed by atoms with Gasteiger partial charge < -0.3 is 0 Å². The second-order valence-corrected chi connectivity index (χ2v) is 4.36. The maximum Gasteiger partial charge on any atom is 0.435 e. The van der Waals surface area contributed by atoms with Gasteiger partial charge in [-0.25, -0.2) is 9.67 Å². The number of carbonyl (C=O) groups is 1. The maximum atomic E-state index is 12.6. The van der Waals surface area contributed by atoms with E-state index in [1.807, 2.05) is 0 Å². The van der Waals surface area contributed by atoms with Crippen molar-refractivity contribution in [3.05, 3.63) is 53.9 Å². The Labute approximate surface area is 116 Å². The summed E-state index contributed by atoms with van der Waals surface area (Å²) in [5.74, 6) is 0.0687. The number of carbonyl (C=O) groups excluding carboxylic acids is 1. The summed E-state index contributed by atoms with van der Waals surface area (Å²) in [6.45, 7) is 0. The first kappa shape index (κ1) is 13.3. The van der Waals surface area contributed by atoms with Crippen molar-refractivity contribution < 1.29 is 18.0 Å². The molecule has 0 saturated heterocycles. The summed E-state index contributed by atoms with van der Waals surface area (Å²) in [7, 11) is 0. The van der Waals surface area contributed by atoms with Crippen LogP contribution in [0.15, 0.2) is 42.6 Å². The molecular weight excluding hydrogens is 283 g/mol. The Balaban J connectivity index is 2.19. The van der Waals surface area contributed by atoms with Crippen LogP contribution in [0.2, 0.25) is 0 Å². The molecule has 3 rings (SSSR count). The van der Waals surface area contributed by atoms with E-state index in [2.05, 4.69) is 10.1 Å². The van der Waals surface area contributed by atoms with E-state index in [0.29, 0.717) is 11.8 Å². The number of pyridine rings is 1. The first-order chi connectivity index (χ1) is 9.99. The third-order valence-electron chi connectivity index (χ3n) is 2.96. The van der Waals surface area contributed by atoms with E-state index in [9.17, 15) is 18.0 Å². The minimum absolute atomic E-state index is 0.0687. The van der Waals surface area contributed by atoms with Crippen molar-refractivity contribution in [2.45, 2.75) is 6.18 Å². The molecule has 0 aliphatic carbocycles. The quantitative estimate of drug-likeness (QED) is 0.681. The molecule has 0 atom stereocenters. The van der Waals surface area contributed by atoms with Crippen LogP contribution >= 0.6 is 0 Å². The van der Waals surface area contributed by atoms with Gasteiger partial charge in [-0.2, -0.15) is 18.3 Å². The van der Waals surface area contributed by atoms with E-state index in [1.54, 1.807) is 30.3 Å². The van der Waals surface area contributed by atoms with E-state index in [-0.39, 0.29) is 11.4 Å². The van der Waals surface area contributed by atoms with Gasteiger partial charge >= 0.3 is 6.18 Å². The average Bonchev–Trinajstić information content (AvgIpc) is 2.95. The summed E-state index contributed by atoms with van der Waals surface area (Å²) in [4.78, 5) is 15.4. The van der Waals surface area contributed by atoms with Gasteiger partial charge in [0.05, 0.1) is 11.1 Å². The molecule has 3 aromatic rings. The monoisotopic (exact) mass is 291 g/mol. The average molecular weight is 291 g/mol. The van der Waals surface area contributed by atoms with Crippen molar-refractivity contribution >= 4 is 17.2 Å². The van der Waals surface area contributed by atoms with Crippen molar-refractivity contribution in [1.82, 2.24) is 14.8 Å². The fourth-order valence-electron chi connectivity index (χ4n) is 1.99. The number of fused-ring (bicyclic) bond motifs is 1. The zero-order valence-electron chi connectivity index (χ0n) is 10.5. The summed E-state index contributed by atoms with van der Waals surface area (Å²) in [5, 5.41) is 4.17. The van der Waals surface area contributed by atoms with Gasteiger partial charge in [-0.05, 0) is 18.2 Å². The van der Waals surface area contributed by atoms with Crippen molar-refractivity contribution in [2.75, 3.05) is 0 Å². The van der Waals surface area contributed by atoms with E-state index in [0.717, 1.165) is 22.3 Å². The molecule has 2 heterocycles. The highest BCUT2D eigenvalue weighted by Crippen LogP contribution is 2.28. The molecule has 2 aromatic heterocycles. The predicted octanol–water partition coefficient (Wildman–Crippen LogP) is 3.25. The smallest absolute Gasteiger partial charge is 0.298 e. The molecule has 0 fully saturated rings. The SMILES string of the molecule is O=Cc1cc2ccccc2nc1-n1ccc(C(F)(F)F)n1. The minimum Gasteiger partial charge on any atom is -0.298 e. The Hall–Kier alpha value is -2.70. The van der Waals surface area contributed by atoms with E-state index in [4.69, 9.17) is 0 Å². The van der Waals surface area contributed by atoms with Crippen LogP contribution in [0.5, 0.6) is 0 Å². The van der Waals surface area contributed by atoms with Gasteiger partial charge in [-0.15, -0.1) is 0 Å². The van der Waals surface area contributed by atoms with Crippen LogP contribution in [0.1, 0.15) is 16.1 Å². The summed E-state index contributed by atoms with van der Waals surface area (Å²) < 4.78 is 38.7. The van der Waals surface area contributed by atoms with E-state index in [1.165, 1.54) is 0 Å². The number of nitrogens with zero attached hydrogens (tertiary/aromatic N) is 3. The van der Waals surface area contributed by atoms with Crippen molar-refractivity contribution in [1.29, 1.82) is 0 Å². The number of benzene rings is 1. The molecule has 1 aromatic carbocycles. The molecule has 0 bridgehead atoms. The number of aromatic nitrogens is 3. The van der Waals surface area contributed by atoms with Gasteiger partial charge in [0, 0.05) is 11.6 Å². The highest BCUT2D eigenvalue weighted by molar-refractivity contribution is 5.89. The minimum atomic E-state index is -4.54. The molecule has 0 N–H and O–H groups in total. The molecule has 21 heavy (non-hydrogen) atoms. The number of hydrogen-bond acceptors (Lipinski definition) is 3. The fraction of sp³-hybridized carbons (Fsp3) is 0.0714. The third-order valence-corrected chi connectivity index (χ3v) is 2.96. The van der Waals surface area contributed by atoms with Gasteiger partial charge in [-0.1, -0.05) is 18.2 Å². The van der Waals surface area contributed by atoms with E-state index < -0.39 is 11.9 Å². The number of para-hydroxylation sites is 1. The maximum absolute atomic E-state index is 12.6. The summed E-state index contributed by atoms with van der Waals surface area (Å²) in [6, 6.07) is 9.42. The Morgan fingerprint density at radius 3 is 2.57 bits per heavy atom. The molecule has 0 radical (unpaired) electrons. The van der Waals surface area contributed by atoms with Crippen LogP contribution in [-0.2, 0) is 6.18 Å². The molecule has 0 spiro atoms. The molecule has 0 aliphatic rings. The largest absolute Gasteiger partial charge is 0.435 e.